The van der Waals surface area contributed by atoms with Gasteiger partial charge >= 0.3 is 0 Å². The second kappa shape index (κ2) is 10.5. The lowest BCUT2D eigenvalue weighted by Gasteiger charge is -2.34. The Morgan fingerprint density at radius 3 is 2.57 bits per heavy atom. The molecular weight excluding hydrogens is 408 g/mol. The number of carbonyl (C=O) groups excluding carboxylic acids is 1. The zero-order chi connectivity index (χ0) is 20.7. The number of methoxy groups -OCH3 is 1. The molecule has 2 atom stereocenters. The van der Waals surface area contributed by atoms with Gasteiger partial charge in [-0.15, -0.1) is 0 Å². The number of sulfonamides is 1. The van der Waals surface area contributed by atoms with Crippen molar-refractivity contribution in [2.24, 2.45) is 0 Å². The molecule has 1 aromatic carbocycles. The molecule has 1 fully saturated rings. The minimum absolute atomic E-state index is 0.0752. The van der Waals surface area contributed by atoms with E-state index in [4.69, 9.17) is 25.8 Å². The van der Waals surface area contributed by atoms with Crippen molar-refractivity contribution in [2.75, 3.05) is 46.6 Å². The van der Waals surface area contributed by atoms with Gasteiger partial charge in [-0.1, -0.05) is 11.6 Å². The van der Waals surface area contributed by atoms with E-state index in [-0.39, 0.29) is 40.8 Å². The maximum atomic E-state index is 13.1. The van der Waals surface area contributed by atoms with Gasteiger partial charge in [0.2, 0.25) is 10.0 Å². The Morgan fingerprint density at radius 1 is 1.25 bits per heavy atom. The maximum absolute atomic E-state index is 13.1. The van der Waals surface area contributed by atoms with Crippen LogP contribution in [0.1, 0.15) is 24.2 Å². The summed E-state index contributed by atoms with van der Waals surface area (Å²) in [6, 6.07) is 4.22. The summed E-state index contributed by atoms with van der Waals surface area (Å²) >= 11 is 6.15. The third-order valence-corrected chi connectivity index (χ3v) is 6.47. The predicted octanol–water partition coefficient (Wildman–Crippen LogP) is 1.53. The predicted molar refractivity (Wildman–Crippen MR) is 105 cm³/mol. The lowest BCUT2D eigenvalue weighted by atomic mass is 10.2. The Morgan fingerprint density at radius 2 is 1.93 bits per heavy atom. The summed E-state index contributed by atoms with van der Waals surface area (Å²) in [6.07, 6.45) is -0.441. The van der Waals surface area contributed by atoms with Crippen LogP contribution >= 0.6 is 11.6 Å². The summed E-state index contributed by atoms with van der Waals surface area (Å²) < 4.78 is 43.2. The highest BCUT2D eigenvalue weighted by atomic mass is 35.5. The molecular formula is C18H27ClN2O6S. The van der Waals surface area contributed by atoms with Gasteiger partial charge in [-0.05, 0) is 32.0 Å². The Hall–Kier alpha value is -1.23. The molecule has 2 unspecified atom stereocenters. The van der Waals surface area contributed by atoms with E-state index in [1.54, 1.807) is 7.11 Å². The highest BCUT2D eigenvalue weighted by Crippen LogP contribution is 2.28. The van der Waals surface area contributed by atoms with Gasteiger partial charge in [-0.2, -0.15) is 4.31 Å². The van der Waals surface area contributed by atoms with Crippen molar-refractivity contribution in [3.63, 3.8) is 0 Å². The fourth-order valence-corrected chi connectivity index (χ4v) is 4.98. The summed E-state index contributed by atoms with van der Waals surface area (Å²) in [5.41, 5.74) is 0.217. The van der Waals surface area contributed by atoms with E-state index in [1.807, 2.05) is 13.8 Å². The molecule has 1 N–H and O–H groups in total. The van der Waals surface area contributed by atoms with Crippen molar-refractivity contribution in [2.45, 2.75) is 31.0 Å². The van der Waals surface area contributed by atoms with Crippen molar-refractivity contribution in [3.05, 3.63) is 28.8 Å². The van der Waals surface area contributed by atoms with Crippen LogP contribution in [0.4, 0.5) is 0 Å². The van der Waals surface area contributed by atoms with E-state index < -0.39 is 15.9 Å². The number of nitrogens with one attached hydrogen (secondary N) is 1. The van der Waals surface area contributed by atoms with Crippen LogP contribution in [-0.4, -0.2) is 77.4 Å². The first-order chi connectivity index (χ1) is 13.3. The van der Waals surface area contributed by atoms with Crippen LogP contribution in [0, 0.1) is 0 Å². The first kappa shape index (κ1) is 23.1. The second-order valence-electron chi connectivity index (χ2n) is 6.59. The molecule has 0 saturated carbocycles. The summed E-state index contributed by atoms with van der Waals surface area (Å²) in [5, 5.41) is 2.77. The van der Waals surface area contributed by atoms with Gasteiger partial charge in [0.05, 0.1) is 37.1 Å². The van der Waals surface area contributed by atoms with Crippen LogP contribution in [0.25, 0.3) is 0 Å². The first-order valence-corrected chi connectivity index (χ1v) is 10.9. The van der Waals surface area contributed by atoms with Crippen molar-refractivity contribution in [3.8, 4) is 0 Å². The van der Waals surface area contributed by atoms with Crippen LogP contribution in [0.15, 0.2) is 23.1 Å². The third kappa shape index (κ3) is 6.13. The Labute approximate surface area is 171 Å². The number of carbonyl (C=O) groups is 1. The van der Waals surface area contributed by atoms with E-state index in [0.29, 0.717) is 26.4 Å². The summed E-state index contributed by atoms with van der Waals surface area (Å²) in [6.45, 7) is 5.65. The van der Waals surface area contributed by atoms with E-state index in [9.17, 15) is 13.2 Å². The fourth-order valence-electron chi connectivity index (χ4n) is 2.89. The lowest BCUT2D eigenvalue weighted by molar-refractivity contribution is -0.0440. The van der Waals surface area contributed by atoms with Crippen LogP contribution in [0.3, 0.4) is 0 Å². The number of ether oxygens (including phenoxy) is 3. The van der Waals surface area contributed by atoms with Crippen LogP contribution in [-0.2, 0) is 24.2 Å². The van der Waals surface area contributed by atoms with Gasteiger partial charge in [0, 0.05) is 32.3 Å². The number of rotatable bonds is 9. The van der Waals surface area contributed by atoms with Gasteiger partial charge in [0.25, 0.3) is 5.91 Å². The number of halogens is 1. The molecule has 10 heteroatoms. The molecule has 1 aromatic rings. The smallest absolute Gasteiger partial charge is 0.251 e. The standard InChI is InChI=1S/C18H27ClN2O6S/c1-13-11-21(12-14(2)27-13)28(23,24)17-10-15(4-5-16(17)19)18(22)20-6-7-26-9-8-25-3/h4-5,10,13-14H,6-9,11-12H2,1-3H3,(H,20,22). The average Bonchev–Trinajstić information content (AvgIpc) is 2.63. The normalized spacial score (nSPS) is 20.9. The monoisotopic (exact) mass is 434 g/mol. The molecule has 2 rings (SSSR count). The minimum Gasteiger partial charge on any atom is -0.382 e. The molecule has 28 heavy (non-hydrogen) atoms. The van der Waals surface area contributed by atoms with E-state index in [0.717, 1.165) is 0 Å². The molecule has 1 heterocycles. The zero-order valence-corrected chi connectivity index (χ0v) is 17.9. The third-order valence-electron chi connectivity index (χ3n) is 4.16. The van der Waals surface area contributed by atoms with Crippen molar-refractivity contribution in [1.29, 1.82) is 0 Å². The Kier molecular flexibility index (Phi) is 8.66. The van der Waals surface area contributed by atoms with Gasteiger partial charge in [0.1, 0.15) is 4.90 Å². The number of hydrogen-bond donors (Lipinski definition) is 1. The van der Waals surface area contributed by atoms with Crippen molar-refractivity contribution >= 4 is 27.5 Å². The molecule has 0 aliphatic carbocycles. The van der Waals surface area contributed by atoms with E-state index in [1.165, 1.54) is 22.5 Å². The molecule has 1 amide bonds. The minimum atomic E-state index is -3.85. The number of morpholine rings is 1. The molecule has 8 nitrogen and oxygen atoms in total. The van der Waals surface area contributed by atoms with Crippen LogP contribution in [0.2, 0.25) is 5.02 Å². The SMILES string of the molecule is COCCOCCNC(=O)c1ccc(Cl)c(S(=O)(=O)N2CC(C)OC(C)C2)c1. The van der Waals surface area contributed by atoms with E-state index in [2.05, 4.69) is 5.32 Å². The topological polar surface area (TPSA) is 94.2 Å². The van der Waals surface area contributed by atoms with E-state index >= 15 is 0 Å². The molecule has 1 saturated heterocycles. The highest BCUT2D eigenvalue weighted by molar-refractivity contribution is 7.89. The van der Waals surface area contributed by atoms with Crippen molar-refractivity contribution in [1.82, 2.24) is 9.62 Å². The number of hydrogen-bond acceptors (Lipinski definition) is 6. The molecule has 0 spiro atoms. The Bertz CT molecular complexity index is 763. The Balaban J connectivity index is 2.08. The van der Waals surface area contributed by atoms with Crippen molar-refractivity contribution < 1.29 is 27.4 Å². The second-order valence-corrected chi connectivity index (χ2v) is 8.90. The van der Waals surface area contributed by atoms with Gasteiger partial charge in [-0.25, -0.2) is 8.42 Å². The van der Waals surface area contributed by atoms with Gasteiger partial charge in [-0.3, -0.25) is 4.79 Å². The lowest BCUT2D eigenvalue weighted by Crippen LogP contribution is -2.48. The highest BCUT2D eigenvalue weighted by Gasteiger charge is 2.33. The molecule has 0 radical (unpaired) electrons. The summed E-state index contributed by atoms with van der Waals surface area (Å²) in [7, 11) is -2.27. The fraction of sp³-hybridized carbons (Fsp3) is 0.611. The molecule has 1 aliphatic rings. The van der Waals surface area contributed by atoms with Crippen LogP contribution in [0.5, 0.6) is 0 Å². The molecule has 0 bridgehead atoms. The number of benzene rings is 1. The molecule has 0 aromatic heterocycles. The maximum Gasteiger partial charge on any atom is 0.251 e. The summed E-state index contributed by atoms with van der Waals surface area (Å²) in [4.78, 5) is 12.3. The van der Waals surface area contributed by atoms with Gasteiger partial charge in [0.15, 0.2) is 0 Å². The molecule has 1 aliphatic heterocycles. The van der Waals surface area contributed by atoms with Gasteiger partial charge < -0.3 is 19.5 Å². The first-order valence-electron chi connectivity index (χ1n) is 9.05. The number of amides is 1. The largest absolute Gasteiger partial charge is 0.382 e. The molecule has 158 valence electrons. The van der Waals surface area contributed by atoms with Crippen LogP contribution < -0.4 is 5.32 Å². The average molecular weight is 435 g/mol. The number of nitrogens with zero attached hydrogens (tertiary/aromatic N) is 1. The zero-order valence-electron chi connectivity index (χ0n) is 16.3. The summed E-state index contributed by atoms with van der Waals surface area (Å²) in [5.74, 6) is -0.396. The quantitative estimate of drug-likeness (QED) is 0.592.